The molecule has 0 spiro atoms. The van der Waals surface area contributed by atoms with E-state index in [2.05, 4.69) is 5.32 Å². The van der Waals surface area contributed by atoms with E-state index in [1.807, 2.05) is 0 Å². The second-order valence-electron chi connectivity index (χ2n) is 7.07. The Morgan fingerprint density at radius 3 is 2.15 bits per heavy atom. The fourth-order valence-electron chi connectivity index (χ4n) is 3.60. The minimum atomic E-state index is -0.600. The van der Waals surface area contributed by atoms with Crippen molar-refractivity contribution in [2.45, 2.75) is 0 Å². The van der Waals surface area contributed by atoms with Crippen LogP contribution in [-0.2, 0) is 9.59 Å². The van der Waals surface area contributed by atoms with Gasteiger partial charge >= 0.3 is 0 Å². The van der Waals surface area contributed by atoms with Gasteiger partial charge in [0.15, 0.2) is 0 Å². The van der Waals surface area contributed by atoms with Crippen molar-refractivity contribution in [2.24, 2.45) is 0 Å². The number of ether oxygens (including phenoxy) is 3. The summed E-state index contributed by atoms with van der Waals surface area (Å²) in [5, 5.41) is 3.05. The van der Waals surface area contributed by atoms with E-state index < -0.39 is 17.6 Å². The van der Waals surface area contributed by atoms with Crippen LogP contribution in [0.4, 0.5) is 15.8 Å². The predicted octanol–water partition coefficient (Wildman–Crippen LogP) is 4.25. The SMILES string of the molecule is COc1ccc(OC)c(N2C(=O)C(Nc3ccccc3OC)=C(c3ccc(F)cc3)C2=O)c1. The highest BCUT2D eigenvalue weighted by atomic mass is 19.1. The molecule has 1 N–H and O–H groups in total. The second kappa shape index (κ2) is 9.04. The number of methoxy groups -OCH3 is 3. The minimum Gasteiger partial charge on any atom is -0.497 e. The molecule has 4 rings (SSSR count). The normalized spacial score (nSPS) is 13.4. The molecule has 8 heteroatoms. The third-order valence-electron chi connectivity index (χ3n) is 5.21. The number of carbonyl (C=O) groups excluding carboxylic acids is 2. The molecule has 7 nitrogen and oxygen atoms in total. The van der Waals surface area contributed by atoms with E-state index in [-0.39, 0.29) is 17.0 Å². The van der Waals surface area contributed by atoms with Gasteiger partial charge in [-0.25, -0.2) is 9.29 Å². The molecule has 1 heterocycles. The average Bonchev–Trinajstić information content (AvgIpc) is 3.08. The van der Waals surface area contributed by atoms with E-state index in [4.69, 9.17) is 14.2 Å². The van der Waals surface area contributed by atoms with E-state index in [1.165, 1.54) is 45.6 Å². The summed E-state index contributed by atoms with van der Waals surface area (Å²) in [6.07, 6.45) is 0. The summed E-state index contributed by atoms with van der Waals surface area (Å²) < 4.78 is 29.6. The van der Waals surface area contributed by atoms with Crippen LogP contribution in [0.1, 0.15) is 5.56 Å². The van der Waals surface area contributed by atoms with Crippen LogP contribution in [0.5, 0.6) is 17.2 Å². The van der Waals surface area contributed by atoms with Gasteiger partial charge in [-0.3, -0.25) is 9.59 Å². The lowest BCUT2D eigenvalue weighted by molar-refractivity contribution is -0.120. The van der Waals surface area contributed by atoms with Crippen molar-refractivity contribution in [1.29, 1.82) is 0 Å². The maximum absolute atomic E-state index is 13.6. The number of hydrogen-bond donors (Lipinski definition) is 1. The van der Waals surface area contributed by atoms with Gasteiger partial charge in [0.2, 0.25) is 0 Å². The largest absolute Gasteiger partial charge is 0.497 e. The molecule has 1 aliphatic heterocycles. The topological polar surface area (TPSA) is 77.1 Å². The molecule has 0 atom stereocenters. The van der Waals surface area contributed by atoms with Gasteiger partial charge < -0.3 is 19.5 Å². The van der Waals surface area contributed by atoms with Crippen molar-refractivity contribution in [3.63, 3.8) is 0 Å². The van der Waals surface area contributed by atoms with Crippen molar-refractivity contribution in [3.8, 4) is 17.2 Å². The van der Waals surface area contributed by atoms with Crippen molar-refractivity contribution in [1.82, 2.24) is 0 Å². The van der Waals surface area contributed by atoms with Crippen LogP contribution in [0.25, 0.3) is 5.57 Å². The Balaban J connectivity index is 1.87. The molecule has 2 amide bonds. The number of carbonyl (C=O) groups is 2. The van der Waals surface area contributed by atoms with Gasteiger partial charge in [0.25, 0.3) is 11.8 Å². The molecule has 1 aliphatic rings. The maximum atomic E-state index is 13.6. The van der Waals surface area contributed by atoms with Gasteiger partial charge in [-0.15, -0.1) is 0 Å². The molecule has 0 aromatic heterocycles. The van der Waals surface area contributed by atoms with Crippen LogP contribution in [0.3, 0.4) is 0 Å². The second-order valence-corrected chi connectivity index (χ2v) is 7.07. The van der Waals surface area contributed by atoms with Gasteiger partial charge in [-0.05, 0) is 42.0 Å². The van der Waals surface area contributed by atoms with Gasteiger partial charge in [0, 0.05) is 6.07 Å². The number of hydrogen-bond acceptors (Lipinski definition) is 6. The number of para-hydroxylation sites is 2. The Morgan fingerprint density at radius 1 is 0.788 bits per heavy atom. The molecule has 3 aromatic carbocycles. The highest BCUT2D eigenvalue weighted by Crippen LogP contribution is 2.40. The Morgan fingerprint density at radius 2 is 1.48 bits per heavy atom. The predicted molar refractivity (Wildman–Crippen MR) is 122 cm³/mol. The number of rotatable bonds is 7. The number of amides is 2. The lowest BCUT2D eigenvalue weighted by Gasteiger charge is -2.19. The molecule has 33 heavy (non-hydrogen) atoms. The summed E-state index contributed by atoms with van der Waals surface area (Å²) in [7, 11) is 4.43. The Labute approximate surface area is 190 Å². The highest BCUT2D eigenvalue weighted by Gasteiger charge is 2.42. The van der Waals surface area contributed by atoms with E-state index in [0.29, 0.717) is 28.5 Å². The summed E-state index contributed by atoms with van der Waals surface area (Å²) in [5.74, 6) is -0.398. The Bertz CT molecular complexity index is 1250. The monoisotopic (exact) mass is 448 g/mol. The Hall–Kier alpha value is -4.33. The zero-order valence-electron chi connectivity index (χ0n) is 18.2. The number of nitrogens with zero attached hydrogens (tertiary/aromatic N) is 1. The van der Waals surface area contributed by atoms with Gasteiger partial charge in [0.05, 0.1) is 38.3 Å². The molecular formula is C25H21FN2O5. The molecule has 0 aliphatic carbocycles. The van der Waals surface area contributed by atoms with Crippen molar-refractivity contribution in [3.05, 3.63) is 83.8 Å². The standard InChI is InChI=1S/C25H21FN2O5/c1-31-17-12-13-21(33-3)19(14-17)28-24(29)22(15-8-10-16(26)11-9-15)23(25(28)30)27-18-6-4-5-7-20(18)32-2/h4-14,27H,1-3H3. The van der Waals surface area contributed by atoms with Crippen LogP contribution in [0.2, 0.25) is 0 Å². The first kappa shape index (κ1) is 21.9. The summed E-state index contributed by atoms with van der Waals surface area (Å²) in [6.45, 7) is 0. The fraction of sp³-hybridized carbons (Fsp3) is 0.120. The van der Waals surface area contributed by atoms with Crippen molar-refractivity contribution in [2.75, 3.05) is 31.5 Å². The van der Waals surface area contributed by atoms with E-state index in [9.17, 15) is 14.0 Å². The van der Waals surface area contributed by atoms with Gasteiger partial charge in [-0.1, -0.05) is 24.3 Å². The van der Waals surface area contributed by atoms with Gasteiger partial charge in [0.1, 0.15) is 28.8 Å². The third kappa shape index (κ3) is 3.98. The highest BCUT2D eigenvalue weighted by molar-refractivity contribution is 6.46. The summed E-state index contributed by atoms with van der Waals surface area (Å²) >= 11 is 0. The van der Waals surface area contributed by atoms with Crippen LogP contribution in [0.15, 0.2) is 72.4 Å². The van der Waals surface area contributed by atoms with Crippen LogP contribution >= 0.6 is 0 Å². The number of halogens is 1. The number of anilines is 2. The quantitative estimate of drug-likeness (QED) is 0.545. The molecule has 0 radical (unpaired) electrons. The van der Waals surface area contributed by atoms with Crippen molar-refractivity contribution >= 4 is 28.8 Å². The fourth-order valence-corrected chi connectivity index (χ4v) is 3.60. The van der Waals surface area contributed by atoms with Gasteiger partial charge in [-0.2, -0.15) is 0 Å². The van der Waals surface area contributed by atoms with E-state index >= 15 is 0 Å². The zero-order chi connectivity index (χ0) is 23.5. The average molecular weight is 448 g/mol. The molecule has 0 bridgehead atoms. The number of nitrogens with one attached hydrogen (secondary N) is 1. The molecule has 3 aromatic rings. The maximum Gasteiger partial charge on any atom is 0.282 e. The lowest BCUT2D eigenvalue weighted by atomic mass is 10.0. The third-order valence-corrected chi connectivity index (χ3v) is 5.21. The first-order valence-electron chi connectivity index (χ1n) is 9.99. The summed E-state index contributed by atoms with van der Waals surface area (Å²) in [5.41, 5.74) is 1.23. The van der Waals surface area contributed by atoms with Crippen LogP contribution < -0.4 is 24.4 Å². The molecular weight excluding hydrogens is 427 g/mol. The molecule has 0 saturated heterocycles. The molecule has 168 valence electrons. The molecule has 0 saturated carbocycles. The molecule has 0 fully saturated rings. The summed E-state index contributed by atoms with van der Waals surface area (Å²) in [4.78, 5) is 28.2. The first-order chi connectivity index (χ1) is 16.0. The lowest BCUT2D eigenvalue weighted by Crippen LogP contribution is -2.32. The smallest absolute Gasteiger partial charge is 0.282 e. The Kier molecular flexibility index (Phi) is 5.99. The van der Waals surface area contributed by atoms with Crippen molar-refractivity contribution < 1.29 is 28.2 Å². The van der Waals surface area contributed by atoms with Crippen LogP contribution in [0, 0.1) is 5.82 Å². The zero-order valence-corrected chi connectivity index (χ0v) is 18.2. The van der Waals surface area contributed by atoms with E-state index in [1.54, 1.807) is 42.5 Å². The van der Waals surface area contributed by atoms with E-state index in [0.717, 1.165) is 4.90 Å². The minimum absolute atomic E-state index is 0.0287. The number of imide groups is 1. The first-order valence-corrected chi connectivity index (χ1v) is 9.99. The molecule has 0 unspecified atom stereocenters. The summed E-state index contributed by atoms with van der Waals surface area (Å²) in [6, 6.07) is 17.2. The number of benzene rings is 3. The van der Waals surface area contributed by atoms with Crippen LogP contribution in [-0.4, -0.2) is 33.1 Å².